The summed E-state index contributed by atoms with van der Waals surface area (Å²) >= 11 is 0. The topological polar surface area (TPSA) is 86.6 Å². The quantitative estimate of drug-likeness (QED) is 0.515. The van der Waals surface area contributed by atoms with Gasteiger partial charge in [-0.1, -0.05) is 32.6 Å². The number of aliphatic carboxylic acids is 1. The van der Waals surface area contributed by atoms with Crippen molar-refractivity contribution in [1.82, 2.24) is 5.32 Å². The Morgan fingerprint density at radius 2 is 1.81 bits per heavy atom. The maximum absolute atomic E-state index is 11.3. The van der Waals surface area contributed by atoms with Crippen molar-refractivity contribution < 1.29 is 19.8 Å². The van der Waals surface area contributed by atoms with Gasteiger partial charge in [0.25, 0.3) is 0 Å². The average molecular weight is 231 g/mol. The summed E-state index contributed by atoms with van der Waals surface area (Å²) in [5, 5.41) is 19.5. The highest BCUT2D eigenvalue weighted by molar-refractivity contribution is 5.83. The molecule has 0 aliphatic heterocycles. The van der Waals surface area contributed by atoms with Gasteiger partial charge in [-0.25, -0.2) is 4.79 Å². The normalized spacial score (nSPS) is 12.1. The first-order valence-electron chi connectivity index (χ1n) is 5.74. The molecule has 0 fully saturated rings. The Labute approximate surface area is 95.9 Å². The molecule has 0 aromatic heterocycles. The Balaban J connectivity index is 3.61. The molecule has 0 rings (SSSR count). The van der Waals surface area contributed by atoms with Crippen LogP contribution >= 0.6 is 0 Å². The summed E-state index contributed by atoms with van der Waals surface area (Å²) < 4.78 is 0. The molecule has 0 aliphatic carbocycles. The number of carbonyl (C=O) groups excluding carboxylic acids is 1. The van der Waals surface area contributed by atoms with Gasteiger partial charge in [-0.3, -0.25) is 4.79 Å². The summed E-state index contributed by atoms with van der Waals surface area (Å²) in [4.78, 5) is 21.8. The van der Waals surface area contributed by atoms with E-state index in [1.807, 2.05) is 0 Å². The predicted molar refractivity (Wildman–Crippen MR) is 60.0 cm³/mol. The molecule has 0 aromatic rings. The first-order valence-corrected chi connectivity index (χ1v) is 5.74. The lowest BCUT2D eigenvalue weighted by atomic mass is 10.1. The molecule has 94 valence electrons. The van der Waals surface area contributed by atoms with E-state index in [4.69, 9.17) is 10.2 Å². The fourth-order valence-electron chi connectivity index (χ4n) is 1.34. The van der Waals surface area contributed by atoms with Gasteiger partial charge in [0, 0.05) is 6.42 Å². The number of amides is 1. The van der Waals surface area contributed by atoms with E-state index in [0.29, 0.717) is 6.42 Å². The predicted octanol–water partition coefficient (Wildman–Crippen LogP) is 0.909. The van der Waals surface area contributed by atoms with E-state index in [-0.39, 0.29) is 5.91 Å². The molecule has 0 radical (unpaired) electrons. The fraction of sp³-hybridized carbons (Fsp3) is 0.818. The van der Waals surface area contributed by atoms with Crippen molar-refractivity contribution in [2.24, 2.45) is 0 Å². The largest absolute Gasteiger partial charge is 0.480 e. The van der Waals surface area contributed by atoms with Crippen molar-refractivity contribution >= 4 is 11.9 Å². The average Bonchev–Trinajstić information content (AvgIpc) is 2.25. The smallest absolute Gasteiger partial charge is 0.328 e. The minimum atomic E-state index is -1.21. The molecular weight excluding hydrogens is 210 g/mol. The Morgan fingerprint density at radius 3 is 2.31 bits per heavy atom. The zero-order chi connectivity index (χ0) is 12.4. The second-order valence-electron chi connectivity index (χ2n) is 3.81. The number of carboxylic acid groups (broad SMARTS) is 1. The second-order valence-corrected chi connectivity index (χ2v) is 3.81. The van der Waals surface area contributed by atoms with Gasteiger partial charge in [0.05, 0.1) is 6.61 Å². The van der Waals surface area contributed by atoms with Crippen molar-refractivity contribution in [2.45, 2.75) is 51.5 Å². The molecule has 1 amide bonds. The Morgan fingerprint density at radius 1 is 1.19 bits per heavy atom. The van der Waals surface area contributed by atoms with E-state index in [1.54, 1.807) is 0 Å². The van der Waals surface area contributed by atoms with Gasteiger partial charge in [-0.2, -0.15) is 0 Å². The molecule has 0 aromatic carbocycles. The monoisotopic (exact) mass is 231 g/mol. The number of aliphatic hydroxyl groups excluding tert-OH is 1. The molecule has 16 heavy (non-hydrogen) atoms. The van der Waals surface area contributed by atoms with Gasteiger partial charge < -0.3 is 15.5 Å². The van der Waals surface area contributed by atoms with Crippen LogP contribution in [0.25, 0.3) is 0 Å². The molecule has 1 unspecified atom stereocenters. The maximum atomic E-state index is 11.3. The lowest BCUT2D eigenvalue weighted by Crippen LogP contribution is -2.43. The third-order valence-electron chi connectivity index (χ3n) is 2.32. The lowest BCUT2D eigenvalue weighted by molar-refractivity contribution is -0.142. The first-order chi connectivity index (χ1) is 7.61. The molecule has 5 heteroatoms. The van der Waals surface area contributed by atoms with E-state index >= 15 is 0 Å². The molecule has 0 saturated carbocycles. The number of carbonyl (C=O) groups is 2. The van der Waals surface area contributed by atoms with Crippen LogP contribution in [0, 0.1) is 0 Å². The van der Waals surface area contributed by atoms with Crippen LogP contribution in [0.15, 0.2) is 0 Å². The van der Waals surface area contributed by atoms with E-state index < -0.39 is 18.6 Å². The Hall–Kier alpha value is -1.10. The summed E-state index contributed by atoms with van der Waals surface area (Å²) in [5.41, 5.74) is 0. The number of unbranched alkanes of at least 4 members (excludes halogenated alkanes) is 4. The minimum absolute atomic E-state index is 0.307. The fourth-order valence-corrected chi connectivity index (χ4v) is 1.34. The van der Waals surface area contributed by atoms with Crippen LogP contribution in [0.4, 0.5) is 0 Å². The van der Waals surface area contributed by atoms with Gasteiger partial charge in [-0.05, 0) is 6.42 Å². The van der Waals surface area contributed by atoms with Gasteiger partial charge in [0.2, 0.25) is 5.91 Å². The van der Waals surface area contributed by atoms with Gasteiger partial charge in [-0.15, -0.1) is 0 Å². The van der Waals surface area contributed by atoms with Crippen LogP contribution in [0.5, 0.6) is 0 Å². The van der Waals surface area contributed by atoms with E-state index in [0.717, 1.165) is 32.1 Å². The molecule has 0 aliphatic rings. The molecule has 5 nitrogen and oxygen atoms in total. The summed E-state index contributed by atoms with van der Waals surface area (Å²) in [5.74, 6) is -1.51. The zero-order valence-electron chi connectivity index (χ0n) is 9.74. The maximum Gasteiger partial charge on any atom is 0.328 e. The highest BCUT2D eigenvalue weighted by Crippen LogP contribution is 2.04. The number of aliphatic hydroxyl groups is 1. The highest BCUT2D eigenvalue weighted by atomic mass is 16.4. The second kappa shape index (κ2) is 9.15. The third-order valence-corrected chi connectivity index (χ3v) is 2.32. The van der Waals surface area contributed by atoms with Crippen LogP contribution in [0.3, 0.4) is 0 Å². The van der Waals surface area contributed by atoms with Crippen LogP contribution in [-0.4, -0.2) is 34.7 Å². The van der Waals surface area contributed by atoms with Gasteiger partial charge in [0.15, 0.2) is 0 Å². The number of rotatable bonds is 9. The van der Waals surface area contributed by atoms with Crippen molar-refractivity contribution in [3.8, 4) is 0 Å². The van der Waals surface area contributed by atoms with E-state index in [2.05, 4.69) is 12.2 Å². The summed E-state index contributed by atoms with van der Waals surface area (Å²) in [6.45, 7) is 1.54. The van der Waals surface area contributed by atoms with Gasteiger partial charge in [0.1, 0.15) is 6.04 Å². The number of hydrogen-bond donors (Lipinski definition) is 3. The third kappa shape index (κ3) is 7.23. The summed E-state index contributed by atoms with van der Waals surface area (Å²) in [6.07, 6.45) is 5.50. The van der Waals surface area contributed by atoms with Crippen molar-refractivity contribution in [3.63, 3.8) is 0 Å². The summed E-state index contributed by atoms with van der Waals surface area (Å²) in [7, 11) is 0. The lowest BCUT2D eigenvalue weighted by Gasteiger charge is -2.11. The van der Waals surface area contributed by atoms with Crippen LogP contribution in [0.1, 0.15) is 45.4 Å². The Kier molecular flexibility index (Phi) is 8.52. The summed E-state index contributed by atoms with van der Waals surface area (Å²) in [6, 6.07) is -1.18. The van der Waals surface area contributed by atoms with Crippen molar-refractivity contribution in [3.05, 3.63) is 0 Å². The standard InChI is InChI=1S/C11H21NO4/c1-2-3-4-5-6-7-10(14)12-9(8-13)11(15)16/h9,13H,2-8H2,1H3,(H,12,14)(H,15,16). The Bertz CT molecular complexity index is 218. The van der Waals surface area contributed by atoms with E-state index in [9.17, 15) is 9.59 Å². The van der Waals surface area contributed by atoms with Crippen molar-refractivity contribution in [1.29, 1.82) is 0 Å². The molecule has 1 atom stereocenters. The first kappa shape index (κ1) is 14.9. The van der Waals surface area contributed by atoms with Crippen LogP contribution < -0.4 is 5.32 Å². The number of carboxylic acids is 1. The number of hydrogen-bond acceptors (Lipinski definition) is 3. The van der Waals surface area contributed by atoms with Gasteiger partial charge >= 0.3 is 5.97 Å². The highest BCUT2D eigenvalue weighted by Gasteiger charge is 2.17. The SMILES string of the molecule is CCCCCCCC(=O)NC(CO)C(=O)O. The molecule has 0 bridgehead atoms. The molecule has 0 spiro atoms. The molecule has 0 heterocycles. The van der Waals surface area contributed by atoms with Crippen molar-refractivity contribution in [2.75, 3.05) is 6.61 Å². The zero-order valence-corrected chi connectivity index (χ0v) is 9.74. The van der Waals surface area contributed by atoms with E-state index in [1.165, 1.54) is 0 Å². The minimum Gasteiger partial charge on any atom is -0.480 e. The molecule has 3 N–H and O–H groups in total. The van der Waals surface area contributed by atoms with Crippen LogP contribution in [-0.2, 0) is 9.59 Å². The molecule has 0 saturated heterocycles. The van der Waals surface area contributed by atoms with Crippen LogP contribution in [0.2, 0.25) is 0 Å². The number of nitrogens with one attached hydrogen (secondary N) is 1. The molecular formula is C11H21NO4.